The molecule has 5 aliphatic rings. The topological polar surface area (TPSA) is 8.17 Å². The lowest BCUT2D eigenvalue weighted by Gasteiger charge is -2.32. The van der Waals surface area contributed by atoms with E-state index in [2.05, 4.69) is 178 Å². The van der Waals surface area contributed by atoms with Gasteiger partial charge in [-0.3, -0.25) is 0 Å². The zero-order valence-corrected chi connectivity index (χ0v) is 31.0. The minimum absolute atomic E-state index is 0.0341. The van der Waals surface area contributed by atoms with Crippen molar-refractivity contribution in [3.05, 3.63) is 172 Å². The molecule has 5 aromatic rings. The van der Waals surface area contributed by atoms with Gasteiger partial charge in [0.1, 0.15) is 0 Å². The smallest absolute Gasteiger partial charge is 0.0537 e. The van der Waals surface area contributed by atoms with Crippen LogP contribution in [0.15, 0.2) is 139 Å². The Kier molecular flexibility index (Phi) is 6.84. The summed E-state index contributed by atoms with van der Waals surface area (Å²) in [6.07, 6.45) is 23.2. The van der Waals surface area contributed by atoms with Crippen LogP contribution in [0, 0.1) is 5.92 Å². The van der Waals surface area contributed by atoms with E-state index >= 15 is 0 Å². The van der Waals surface area contributed by atoms with Gasteiger partial charge in [0.15, 0.2) is 0 Å². The van der Waals surface area contributed by atoms with Gasteiger partial charge < -0.3 is 9.47 Å². The van der Waals surface area contributed by atoms with E-state index < -0.39 is 0 Å². The molecule has 256 valence electrons. The van der Waals surface area contributed by atoms with Crippen LogP contribution in [0.4, 0.5) is 11.4 Å². The number of hydrogen-bond donors (Lipinski definition) is 0. The predicted octanol–water partition coefficient (Wildman–Crippen LogP) is 13.1. The third-order valence-electron chi connectivity index (χ3n) is 12.7. The van der Waals surface area contributed by atoms with Gasteiger partial charge in [-0.05, 0) is 118 Å². The van der Waals surface area contributed by atoms with Crippen LogP contribution in [-0.2, 0) is 17.3 Å². The van der Waals surface area contributed by atoms with Crippen molar-refractivity contribution in [1.29, 1.82) is 0 Å². The number of benzene rings is 4. The molecule has 1 heterocycles. The Bertz CT molecular complexity index is 2530. The first-order valence-corrected chi connectivity index (χ1v) is 19.2. The summed E-state index contributed by atoms with van der Waals surface area (Å²) in [5.74, 6) is 0.542. The Labute approximate surface area is 308 Å². The molecule has 52 heavy (non-hydrogen) atoms. The largest absolute Gasteiger partial charge is 0.313 e. The molecular weight excluding hydrogens is 629 g/mol. The summed E-state index contributed by atoms with van der Waals surface area (Å²) in [5.41, 5.74) is 20.0. The van der Waals surface area contributed by atoms with E-state index in [-0.39, 0.29) is 10.8 Å². The molecule has 1 aromatic heterocycles. The zero-order valence-electron chi connectivity index (χ0n) is 31.0. The minimum atomic E-state index is -0.0888. The molecule has 1 atom stereocenters. The lowest BCUT2D eigenvalue weighted by molar-refractivity contribution is 0.530. The van der Waals surface area contributed by atoms with Gasteiger partial charge in [0.25, 0.3) is 0 Å². The molecule has 0 amide bonds. The summed E-state index contributed by atoms with van der Waals surface area (Å²) >= 11 is 0. The highest BCUT2D eigenvalue weighted by Gasteiger charge is 2.41. The van der Waals surface area contributed by atoms with Gasteiger partial charge in [-0.2, -0.15) is 0 Å². The van der Waals surface area contributed by atoms with Crippen LogP contribution in [-0.4, -0.2) is 4.57 Å². The quantitative estimate of drug-likeness (QED) is 0.184. The van der Waals surface area contributed by atoms with E-state index in [9.17, 15) is 0 Å². The maximum Gasteiger partial charge on any atom is 0.0537 e. The molecule has 5 aliphatic carbocycles. The van der Waals surface area contributed by atoms with Gasteiger partial charge in [-0.1, -0.05) is 120 Å². The number of allylic oxidation sites excluding steroid dienone is 10. The van der Waals surface area contributed by atoms with Crippen LogP contribution < -0.4 is 4.90 Å². The molecule has 0 bridgehead atoms. The van der Waals surface area contributed by atoms with E-state index in [0.717, 1.165) is 25.7 Å². The molecule has 10 rings (SSSR count). The first-order valence-electron chi connectivity index (χ1n) is 19.2. The number of rotatable bonds is 4. The first-order chi connectivity index (χ1) is 25.2. The van der Waals surface area contributed by atoms with Crippen LogP contribution >= 0.6 is 0 Å². The Morgan fingerprint density at radius 1 is 0.673 bits per heavy atom. The van der Waals surface area contributed by atoms with Crippen molar-refractivity contribution in [2.75, 3.05) is 4.90 Å². The lowest BCUT2D eigenvalue weighted by Crippen LogP contribution is -2.23. The monoisotopic (exact) mass is 674 g/mol. The SMILES string of the molecule is CC1CC=CC2=C1C(C)(C)c1cc(N(C3=Cc4c(n(C5=CCCC=C5)c5ccccc45)CC=C3)c3ccc4c(c3)C(C)(C)c3ccccc3-4)ccc12. The Balaban J connectivity index is 1.19. The molecule has 2 nitrogen and oxygen atoms in total. The number of hydrogen-bond acceptors (Lipinski definition) is 1. The van der Waals surface area contributed by atoms with Crippen molar-refractivity contribution in [2.24, 2.45) is 5.92 Å². The molecule has 0 fully saturated rings. The highest BCUT2D eigenvalue weighted by molar-refractivity contribution is 5.97. The van der Waals surface area contributed by atoms with Crippen LogP contribution in [0.5, 0.6) is 0 Å². The Morgan fingerprint density at radius 2 is 1.40 bits per heavy atom. The maximum absolute atomic E-state index is 2.53. The molecule has 0 saturated heterocycles. The van der Waals surface area contributed by atoms with Gasteiger partial charge in [0.2, 0.25) is 0 Å². The van der Waals surface area contributed by atoms with E-state index in [4.69, 9.17) is 0 Å². The summed E-state index contributed by atoms with van der Waals surface area (Å²) in [4.78, 5) is 2.53. The Morgan fingerprint density at radius 3 is 2.21 bits per heavy atom. The fraction of sp³-hybridized carbons (Fsp3) is 0.240. The highest BCUT2D eigenvalue weighted by atomic mass is 15.1. The van der Waals surface area contributed by atoms with Gasteiger partial charge in [0.05, 0.1) is 5.52 Å². The molecule has 0 radical (unpaired) electrons. The van der Waals surface area contributed by atoms with E-state index in [1.807, 2.05) is 0 Å². The second-order valence-electron chi connectivity index (χ2n) is 16.5. The summed E-state index contributed by atoms with van der Waals surface area (Å²) in [6.45, 7) is 12.0. The summed E-state index contributed by atoms with van der Waals surface area (Å²) in [6, 6.07) is 32.4. The standard InChI is InChI=1S/C50H46N2/c1-32-15-13-21-41-39-28-26-36(31-45(39)50(4,5)48(32)41)51(35-25-27-38-37-19-9-11-22-43(37)49(2,3)44(38)30-35)34-18-14-24-47-42(29-34)40-20-10-12-23-46(40)52(47)33-16-7-6-8-17-33/h7,9-14,16-23,25-32H,6,8,15,24H2,1-5H3. The number of nitrogens with zero attached hydrogens (tertiary/aromatic N) is 2. The normalized spacial score (nSPS) is 20.1. The van der Waals surface area contributed by atoms with Crippen LogP contribution in [0.1, 0.15) is 87.4 Å². The molecule has 0 N–H and O–H groups in total. The predicted molar refractivity (Wildman–Crippen MR) is 221 cm³/mol. The van der Waals surface area contributed by atoms with Gasteiger partial charge >= 0.3 is 0 Å². The van der Waals surface area contributed by atoms with Gasteiger partial charge in [-0.25, -0.2) is 0 Å². The maximum atomic E-state index is 2.53. The zero-order chi connectivity index (χ0) is 35.4. The molecule has 2 heteroatoms. The van der Waals surface area contributed by atoms with Crippen molar-refractivity contribution in [3.63, 3.8) is 0 Å². The summed E-state index contributed by atoms with van der Waals surface area (Å²) in [5, 5.41) is 1.30. The summed E-state index contributed by atoms with van der Waals surface area (Å²) in [7, 11) is 0. The Hall–Kier alpha value is -5.34. The fourth-order valence-electron chi connectivity index (χ4n) is 10.3. The van der Waals surface area contributed by atoms with Crippen molar-refractivity contribution in [3.8, 4) is 11.1 Å². The molecule has 0 saturated carbocycles. The number of fused-ring (bicyclic) bond motifs is 8. The summed E-state index contributed by atoms with van der Waals surface area (Å²) < 4.78 is 2.51. The second kappa shape index (κ2) is 11.3. The molecule has 0 aliphatic heterocycles. The van der Waals surface area contributed by atoms with Crippen LogP contribution in [0.2, 0.25) is 0 Å². The third kappa shape index (κ3) is 4.43. The number of aromatic nitrogens is 1. The van der Waals surface area contributed by atoms with Crippen molar-refractivity contribution in [2.45, 2.75) is 71.1 Å². The van der Waals surface area contributed by atoms with Gasteiger partial charge in [0, 0.05) is 56.7 Å². The van der Waals surface area contributed by atoms with E-state index in [1.54, 1.807) is 5.57 Å². The number of anilines is 2. The number of para-hydroxylation sites is 1. The lowest BCUT2D eigenvalue weighted by atomic mass is 9.74. The molecular formula is C50H46N2. The van der Waals surface area contributed by atoms with Crippen LogP contribution in [0.3, 0.4) is 0 Å². The second-order valence-corrected chi connectivity index (χ2v) is 16.5. The molecule has 0 spiro atoms. The van der Waals surface area contributed by atoms with E-state index in [0.29, 0.717) is 5.92 Å². The highest BCUT2D eigenvalue weighted by Crippen LogP contribution is 2.54. The fourth-order valence-corrected chi connectivity index (χ4v) is 10.3. The molecule has 4 aromatic carbocycles. The van der Waals surface area contributed by atoms with Crippen molar-refractivity contribution < 1.29 is 0 Å². The van der Waals surface area contributed by atoms with E-state index in [1.165, 1.54) is 83.9 Å². The molecule has 1 unspecified atom stereocenters. The van der Waals surface area contributed by atoms with Crippen LogP contribution in [0.25, 0.3) is 39.4 Å². The minimum Gasteiger partial charge on any atom is -0.313 e. The van der Waals surface area contributed by atoms with Crippen molar-refractivity contribution in [1.82, 2.24) is 4.57 Å². The van der Waals surface area contributed by atoms with Crippen molar-refractivity contribution >= 4 is 39.6 Å². The average Bonchev–Trinajstić information content (AvgIpc) is 3.59. The third-order valence-corrected chi connectivity index (χ3v) is 12.7. The average molecular weight is 675 g/mol. The van der Waals surface area contributed by atoms with Gasteiger partial charge in [-0.15, -0.1) is 0 Å². The first kappa shape index (κ1) is 31.4.